The Balaban J connectivity index is 1.55. The number of aromatic amines is 1. The zero-order valence-corrected chi connectivity index (χ0v) is 15.4. The second kappa shape index (κ2) is 5.77. The first-order chi connectivity index (χ1) is 13.0. The van der Waals surface area contributed by atoms with E-state index in [0.29, 0.717) is 30.1 Å². The molecule has 0 unspecified atom stereocenters. The minimum atomic E-state index is -0.265. The third kappa shape index (κ3) is 2.65. The molecule has 138 valence electrons. The Labute approximate surface area is 156 Å². The maximum atomic E-state index is 13.4. The number of benzene rings is 1. The normalized spacial score (nSPS) is 19.3. The van der Waals surface area contributed by atoms with Crippen LogP contribution in [0.1, 0.15) is 59.3 Å². The van der Waals surface area contributed by atoms with E-state index in [1.165, 1.54) is 6.07 Å². The largest absolute Gasteiger partial charge is 0.327 e. The van der Waals surface area contributed by atoms with E-state index < -0.39 is 0 Å². The van der Waals surface area contributed by atoms with E-state index in [4.69, 9.17) is 4.98 Å². The summed E-state index contributed by atoms with van der Waals surface area (Å²) in [5.74, 6) is 2.09. The number of carbonyl (C=O) groups is 1. The number of nitrogens with one attached hydrogen (secondary N) is 1. The summed E-state index contributed by atoms with van der Waals surface area (Å²) in [6, 6.07) is 6.95. The Kier molecular flexibility index (Phi) is 3.47. The predicted octanol–water partition coefficient (Wildman–Crippen LogP) is 2.52. The standard InChI is InChI=1S/C20H21N5O2/c1-11-3-6-16-14(9-11)15(10-17(26)21-16)20(27)24-7-8-25-19(12(24)2)22-18(23-25)13-4-5-13/h3,6,9-10,12-13H,4-5,7-8H2,1-2H3,(H,21,26)/t12-/m1/s1. The molecule has 3 aromatic rings. The fourth-order valence-corrected chi connectivity index (χ4v) is 3.87. The highest BCUT2D eigenvalue weighted by molar-refractivity contribution is 6.06. The lowest BCUT2D eigenvalue weighted by Gasteiger charge is -2.33. The summed E-state index contributed by atoms with van der Waals surface area (Å²) in [4.78, 5) is 34.8. The van der Waals surface area contributed by atoms with Crippen molar-refractivity contribution in [2.75, 3.05) is 6.54 Å². The fraction of sp³-hybridized carbons (Fsp3) is 0.400. The van der Waals surface area contributed by atoms with Crippen molar-refractivity contribution in [3.05, 3.63) is 57.4 Å². The SMILES string of the molecule is Cc1ccc2[nH]c(=O)cc(C(=O)N3CCn4nc(C5CC5)nc4[C@H]3C)c2c1. The molecule has 1 aliphatic carbocycles. The van der Waals surface area contributed by atoms with Gasteiger partial charge < -0.3 is 9.88 Å². The monoisotopic (exact) mass is 363 g/mol. The molecule has 7 nitrogen and oxygen atoms in total. The van der Waals surface area contributed by atoms with Crippen molar-refractivity contribution in [2.45, 2.75) is 45.2 Å². The van der Waals surface area contributed by atoms with Crippen molar-refractivity contribution in [2.24, 2.45) is 0 Å². The molecule has 1 atom stereocenters. The molecule has 5 rings (SSSR count). The molecule has 0 saturated heterocycles. The minimum Gasteiger partial charge on any atom is -0.327 e. The quantitative estimate of drug-likeness (QED) is 0.758. The van der Waals surface area contributed by atoms with Gasteiger partial charge in [0.15, 0.2) is 5.82 Å². The van der Waals surface area contributed by atoms with E-state index in [1.807, 2.05) is 36.7 Å². The highest BCUT2D eigenvalue weighted by Gasteiger charge is 2.35. The van der Waals surface area contributed by atoms with Crippen LogP contribution in [0.5, 0.6) is 0 Å². The number of hydrogen-bond acceptors (Lipinski definition) is 4. The van der Waals surface area contributed by atoms with Crippen LogP contribution >= 0.6 is 0 Å². The summed E-state index contributed by atoms with van der Waals surface area (Å²) < 4.78 is 1.93. The predicted molar refractivity (Wildman–Crippen MR) is 101 cm³/mol. The lowest BCUT2D eigenvalue weighted by molar-refractivity contribution is 0.0632. The summed E-state index contributed by atoms with van der Waals surface area (Å²) in [6.07, 6.45) is 2.30. The lowest BCUT2D eigenvalue weighted by Crippen LogP contribution is -2.41. The van der Waals surface area contributed by atoms with Gasteiger partial charge in [-0.2, -0.15) is 5.10 Å². The molecule has 1 saturated carbocycles. The number of H-pyrrole nitrogens is 1. The van der Waals surface area contributed by atoms with Crippen LogP contribution in [0.3, 0.4) is 0 Å². The van der Waals surface area contributed by atoms with E-state index in [-0.39, 0.29) is 17.5 Å². The van der Waals surface area contributed by atoms with E-state index in [2.05, 4.69) is 10.1 Å². The van der Waals surface area contributed by atoms with Gasteiger partial charge in [-0.15, -0.1) is 0 Å². The zero-order chi connectivity index (χ0) is 18.7. The second-order valence-electron chi connectivity index (χ2n) is 7.60. The van der Waals surface area contributed by atoms with E-state index >= 15 is 0 Å². The summed E-state index contributed by atoms with van der Waals surface area (Å²) in [7, 11) is 0. The number of carbonyl (C=O) groups excluding carboxylic acids is 1. The number of aryl methyl sites for hydroxylation is 1. The van der Waals surface area contributed by atoms with Gasteiger partial charge in [0.1, 0.15) is 5.82 Å². The molecule has 7 heteroatoms. The Hall–Kier alpha value is -2.96. The number of hydrogen-bond donors (Lipinski definition) is 1. The second-order valence-corrected chi connectivity index (χ2v) is 7.60. The van der Waals surface area contributed by atoms with Crippen LogP contribution < -0.4 is 5.56 Å². The van der Waals surface area contributed by atoms with Crippen LogP contribution in [0.2, 0.25) is 0 Å². The first-order valence-electron chi connectivity index (χ1n) is 9.40. The number of pyridine rings is 1. The summed E-state index contributed by atoms with van der Waals surface area (Å²) >= 11 is 0. The molecule has 1 fully saturated rings. The van der Waals surface area contributed by atoms with Gasteiger partial charge in [0.25, 0.3) is 5.91 Å². The van der Waals surface area contributed by atoms with Crippen molar-refractivity contribution in [1.82, 2.24) is 24.6 Å². The average molecular weight is 363 g/mol. The van der Waals surface area contributed by atoms with Gasteiger partial charge in [0, 0.05) is 29.4 Å². The lowest BCUT2D eigenvalue weighted by atomic mass is 10.0. The molecular formula is C20H21N5O2. The molecule has 3 heterocycles. The first-order valence-corrected chi connectivity index (χ1v) is 9.40. The molecule has 1 amide bonds. The molecule has 0 spiro atoms. The van der Waals surface area contributed by atoms with Gasteiger partial charge in [0.05, 0.1) is 18.2 Å². The number of amides is 1. The summed E-state index contributed by atoms with van der Waals surface area (Å²) in [5, 5.41) is 5.39. The van der Waals surface area contributed by atoms with Crippen LogP contribution in [0, 0.1) is 6.92 Å². The molecule has 0 bridgehead atoms. The van der Waals surface area contributed by atoms with Crippen molar-refractivity contribution >= 4 is 16.8 Å². The maximum Gasteiger partial charge on any atom is 0.255 e. The molecular weight excluding hydrogens is 342 g/mol. The third-order valence-corrected chi connectivity index (χ3v) is 5.54. The highest BCUT2D eigenvalue weighted by Crippen LogP contribution is 2.39. The van der Waals surface area contributed by atoms with Gasteiger partial charge in [-0.1, -0.05) is 11.6 Å². The zero-order valence-electron chi connectivity index (χ0n) is 15.4. The molecule has 2 aliphatic rings. The molecule has 1 aliphatic heterocycles. The van der Waals surface area contributed by atoms with Crippen LogP contribution in [-0.2, 0) is 6.54 Å². The van der Waals surface area contributed by atoms with Gasteiger partial charge in [-0.3, -0.25) is 9.59 Å². The highest BCUT2D eigenvalue weighted by atomic mass is 16.2. The third-order valence-electron chi connectivity index (χ3n) is 5.54. The Morgan fingerprint density at radius 1 is 1.22 bits per heavy atom. The average Bonchev–Trinajstić information content (AvgIpc) is 3.40. The fourth-order valence-electron chi connectivity index (χ4n) is 3.87. The summed E-state index contributed by atoms with van der Waals surface area (Å²) in [5.41, 5.74) is 1.91. The number of fused-ring (bicyclic) bond motifs is 2. The van der Waals surface area contributed by atoms with Gasteiger partial charge in [0.2, 0.25) is 5.56 Å². The van der Waals surface area contributed by atoms with Crippen molar-refractivity contribution in [3.8, 4) is 0 Å². The smallest absolute Gasteiger partial charge is 0.255 e. The Bertz CT molecular complexity index is 1130. The molecule has 1 N–H and O–H groups in total. The molecule has 1 aromatic carbocycles. The Morgan fingerprint density at radius 2 is 2.04 bits per heavy atom. The topological polar surface area (TPSA) is 83.9 Å². The molecule has 27 heavy (non-hydrogen) atoms. The number of rotatable bonds is 2. The van der Waals surface area contributed by atoms with Crippen LogP contribution in [0.4, 0.5) is 0 Å². The first kappa shape index (κ1) is 16.2. The van der Waals surface area contributed by atoms with Crippen LogP contribution in [0.25, 0.3) is 10.9 Å². The van der Waals surface area contributed by atoms with Crippen molar-refractivity contribution < 1.29 is 4.79 Å². The van der Waals surface area contributed by atoms with Gasteiger partial charge in [-0.05, 0) is 38.8 Å². The van der Waals surface area contributed by atoms with Crippen LogP contribution in [-0.4, -0.2) is 37.1 Å². The van der Waals surface area contributed by atoms with E-state index in [1.54, 1.807) is 4.90 Å². The van der Waals surface area contributed by atoms with E-state index in [9.17, 15) is 9.59 Å². The number of nitrogens with zero attached hydrogens (tertiary/aromatic N) is 4. The van der Waals surface area contributed by atoms with E-state index in [0.717, 1.165) is 35.4 Å². The van der Waals surface area contributed by atoms with Crippen molar-refractivity contribution in [1.29, 1.82) is 0 Å². The van der Waals surface area contributed by atoms with Gasteiger partial charge in [-0.25, -0.2) is 9.67 Å². The summed E-state index contributed by atoms with van der Waals surface area (Å²) in [6.45, 7) is 5.14. The number of aromatic nitrogens is 4. The minimum absolute atomic E-state index is 0.133. The molecule has 0 radical (unpaired) electrons. The van der Waals surface area contributed by atoms with Crippen molar-refractivity contribution in [3.63, 3.8) is 0 Å². The molecule has 2 aromatic heterocycles. The van der Waals surface area contributed by atoms with Gasteiger partial charge >= 0.3 is 0 Å². The van der Waals surface area contributed by atoms with Crippen LogP contribution in [0.15, 0.2) is 29.1 Å². The maximum absolute atomic E-state index is 13.4. The Morgan fingerprint density at radius 3 is 2.81 bits per heavy atom.